The van der Waals surface area contributed by atoms with Gasteiger partial charge in [-0.3, -0.25) is 0 Å². The van der Waals surface area contributed by atoms with Gasteiger partial charge in [0.15, 0.2) is 0 Å². The van der Waals surface area contributed by atoms with Crippen molar-refractivity contribution in [1.82, 2.24) is 4.98 Å². The number of methoxy groups -OCH3 is 1. The molecule has 142 valence electrons. The smallest absolute Gasteiger partial charge is 0.337 e. The summed E-state index contributed by atoms with van der Waals surface area (Å²) < 4.78 is 4.71. The Morgan fingerprint density at radius 2 is 1.72 bits per heavy atom. The van der Waals surface area contributed by atoms with Crippen molar-refractivity contribution in [2.75, 3.05) is 12.8 Å². The Morgan fingerprint density at radius 1 is 1.07 bits per heavy atom. The van der Waals surface area contributed by atoms with Crippen molar-refractivity contribution in [2.24, 2.45) is 0 Å². The first-order chi connectivity index (χ1) is 14.1. The molecular formula is C22H16N4O2S. The van der Waals surface area contributed by atoms with E-state index in [0.717, 1.165) is 5.56 Å². The van der Waals surface area contributed by atoms with Crippen LogP contribution in [0, 0.1) is 22.7 Å². The molecule has 0 fully saturated rings. The standard InChI is InChI=1S/C22H16N4O2S/c1-28-22(27)16-9-7-15(8-10-16)19-17(11-23)20(25)26-21(18(19)12-24)29-13-14-5-3-2-4-6-14/h2-10H,13H2,1H3,(H2,25,26). The summed E-state index contributed by atoms with van der Waals surface area (Å²) >= 11 is 1.38. The predicted octanol–water partition coefficient (Wildman–Crippen LogP) is 4.15. The fourth-order valence-electron chi connectivity index (χ4n) is 2.81. The summed E-state index contributed by atoms with van der Waals surface area (Å²) in [5, 5.41) is 19.9. The Morgan fingerprint density at radius 3 is 2.31 bits per heavy atom. The highest BCUT2D eigenvalue weighted by Gasteiger charge is 2.21. The van der Waals surface area contributed by atoms with E-state index in [4.69, 9.17) is 10.5 Å². The highest BCUT2D eigenvalue weighted by atomic mass is 32.2. The minimum Gasteiger partial charge on any atom is -0.465 e. The van der Waals surface area contributed by atoms with Gasteiger partial charge in [0.25, 0.3) is 0 Å². The second-order valence-corrected chi connectivity index (χ2v) is 6.96. The van der Waals surface area contributed by atoms with Crippen LogP contribution in [0.5, 0.6) is 0 Å². The number of hydrogen-bond acceptors (Lipinski definition) is 7. The number of carbonyl (C=O) groups excluding carboxylic acids is 1. The predicted molar refractivity (Wildman–Crippen MR) is 111 cm³/mol. The Labute approximate surface area is 172 Å². The summed E-state index contributed by atoms with van der Waals surface area (Å²) in [6, 6.07) is 20.5. The number of pyridine rings is 1. The average Bonchev–Trinajstić information content (AvgIpc) is 2.77. The number of thioether (sulfide) groups is 1. The quantitative estimate of drug-likeness (QED) is 0.505. The van der Waals surface area contributed by atoms with Crippen LogP contribution in [0.2, 0.25) is 0 Å². The number of ether oxygens (including phenoxy) is 1. The number of nitriles is 2. The molecule has 0 atom stereocenters. The van der Waals surface area contributed by atoms with E-state index in [2.05, 4.69) is 11.1 Å². The third kappa shape index (κ3) is 4.21. The molecular weight excluding hydrogens is 384 g/mol. The SMILES string of the molecule is COC(=O)c1ccc(-c2c(C#N)c(N)nc(SCc3ccccc3)c2C#N)cc1. The number of aromatic nitrogens is 1. The van der Waals surface area contributed by atoms with Gasteiger partial charge in [-0.2, -0.15) is 10.5 Å². The second-order valence-electron chi connectivity index (χ2n) is 5.99. The zero-order valence-electron chi connectivity index (χ0n) is 15.5. The van der Waals surface area contributed by atoms with Crippen molar-refractivity contribution in [2.45, 2.75) is 10.8 Å². The van der Waals surface area contributed by atoms with E-state index in [9.17, 15) is 15.3 Å². The van der Waals surface area contributed by atoms with E-state index >= 15 is 0 Å². The van der Waals surface area contributed by atoms with Gasteiger partial charge in [-0.15, -0.1) is 11.8 Å². The lowest BCUT2D eigenvalue weighted by Gasteiger charge is -2.13. The van der Waals surface area contributed by atoms with Crippen molar-refractivity contribution in [3.8, 4) is 23.3 Å². The highest BCUT2D eigenvalue weighted by Crippen LogP contribution is 2.36. The van der Waals surface area contributed by atoms with Crippen LogP contribution in [0.3, 0.4) is 0 Å². The van der Waals surface area contributed by atoms with Gasteiger partial charge in [0.05, 0.1) is 18.2 Å². The topological polar surface area (TPSA) is 113 Å². The first-order valence-electron chi connectivity index (χ1n) is 8.58. The number of rotatable bonds is 5. The van der Waals surface area contributed by atoms with E-state index in [0.29, 0.717) is 27.5 Å². The third-order valence-electron chi connectivity index (χ3n) is 4.23. The molecule has 0 bridgehead atoms. The molecule has 29 heavy (non-hydrogen) atoms. The van der Waals surface area contributed by atoms with Gasteiger partial charge in [0.1, 0.15) is 28.5 Å². The average molecular weight is 400 g/mol. The summed E-state index contributed by atoms with van der Waals surface area (Å²) in [5.41, 5.74) is 8.91. The van der Waals surface area contributed by atoms with Crippen LogP contribution in [-0.4, -0.2) is 18.1 Å². The molecule has 0 aliphatic carbocycles. The maximum Gasteiger partial charge on any atom is 0.337 e. The molecule has 0 amide bonds. The third-order valence-corrected chi connectivity index (χ3v) is 5.28. The zero-order chi connectivity index (χ0) is 20.8. The lowest BCUT2D eigenvalue weighted by atomic mass is 9.96. The Hall–Kier alpha value is -3.81. The normalized spacial score (nSPS) is 10.0. The molecule has 0 saturated heterocycles. The molecule has 0 saturated carbocycles. The molecule has 2 N–H and O–H groups in total. The van der Waals surface area contributed by atoms with E-state index in [1.807, 2.05) is 36.4 Å². The van der Waals surface area contributed by atoms with Crippen LogP contribution >= 0.6 is 11.8 Å². The highest BCUT2D eigenvalue weighted by molar-refractivity contribution is 7.98. The van der Waals surface area contributed by atoms with Crippen LogP contribution in [-0.2, 0) is 10.5 Å². The Balaban J connectivity index is 2.07. The van der Waals surface area contributed by atoms with Crippen LogP contribution in [0.1, 0.15) is 27.0 Å². The van der Waals surface area contributed by atoms with Crippen LogP contribution in [0.4, 0.5) is 5.82 Å². The van der Waals surface area contributed by atoms with Crippen molar-refractivity contribution < 1.29 is 9.53 Å². The fraction of sp³-hybridized carbons (Fsp3) is 0.0909. The van der Waals surface area contributed by atoms with Gasteiger partial charge < -0.3 is 10.5 Å². The maximum atomic E-state index is 11.7. The largest absolute Gasteiger partial charge is 0.465 e. The number of nitrogen functional groups attached to an aromatic ring is 1. The minimum absolute atomic E-state index is 0.0640. The van der Waals surface area contributed by atoms with Gasteiger partial charge in [-0.25, -0.2) is 9.78 Å². The number of nitrogens with zero attached hydrogens (tertiary/aromatic N) is 3. The van der Waals surface area contributed by atoms with Gasteiger partial charge >= 0.3 is 5.97 Å². The monoisotopic (exact) mass is 400 g/mol. The minimum atomic E-state index is -0.467. The molecule has 3 aromatic rings. The Bertz CT molecular complexity index is 1130. The summed E-state index contributed by atoms with van der Waals surface area (Å²) in [6.07, 6.45) is 0. The van der Waals surface area contributed by atoms with Crippen molar-refractivity contribution >= 4 is 23.5 Å². The number of benzene rings is 2. The molecule has 0 unspecified atom stereocenters. The van der Waals surface area contributed by atoms with Crippen molar-refractivity contribution in [3.05, 3.63) is 76.9 Å². The molecule has 1 aromatic heterocycles. The number of hydrogen-bond donors (Lipinski definition) is 1. The number of carbonyl (C=O) groups is 1. The Kier molecular flexibility index (Phi) is 6.13. The van der Waals surface area contributed by atoms with E-state index in [-0.39, 0.29) is 16.9 Å². The lowest BCUT2D eigenvalue weighted by Crippen LogP contribution is -2.04. The second kappa shape index (κ2) is 8.92. The molecule has 0 spiro atoms. The first-order valence-corrected chi connectivity index (χ1v) is 9.56. The number of nitrogens with two attached hydrogens (primary N) is 1. The van der Waals surface area contributed by atoms with Gasteiger partial charge in [0, 0.05) is 11.3 Å². The zero-order valence-corrected chi connectivity index (χ0v) is 16.4. The van der Waals surface area contributed by atoms with Crippen molar-refractivity contribution in [3.63, 3.8) is 0 Å². The molecule has 0 aliphatic rings. The molecule has 2 aromatic carbocycles. The van der Waals surface area contributed by atoms with Crippen LogP contribution in [0.25, 0.3) is 11.1 Å². The summed E-state index contributed by atoms with van der Waals surface area (Å²) in [6.45, 7) is 0. The van der Waals surface area contributed by atoms with E-state index in [1.165, 1.54) is 18.9 Å². The molecule has 0 aliphatic heterocycles. The molecule has 1 heterocycles. The molecule has 6 nitrogen and oxygen atoms in total. The summed E-state index contributed by atoms with van der Waals surface area (Å²) in [7, 11) is 1.30. The molecule has 3 rings (SSSR count). The van der Waals surface area contributed by atoms with Gasteiger partial charge in [0.2, 0.25) is 0 Å². The van der Waals surface area contributed by atoms with E-state index < -0.39 is 5.97 Å². The summed E-state index contributed by atoms with van der Waals surface area (Å²) in [4.78, 5) is 16.0. The lowest BCUT2D eigenvalue weighted by molar-refractivity contribution is 0.0601. The first kappa shape index (κ1) is 19.9. The van der Waals surface area contributed by atoms with Crippen LogP contribution in [0.15, 0.2) is 59.6 Å². The van der Waals surface area contributed by atoms with Gasteiger partial charge in [-0.1, -0.05) is 42.5 Å². The van der Waals surface area contributed by atoms with Crippen LogP contribution < -0.4 is 5.73 Å². The maximum absolute atomic E-state index is 11.7. The van der Waals surface area contributed by atoms with E-state index in [1.54, 1.807) is 24.3 Å². The van der Waals surface area contributed by atoms with Gasteiger partial charge in [-0.05, 0) is 23.3 Å². The fourth-order valence-corrected chi connectivity index (χ4v) is 3.76. The number of anilines is 1. The molecule has 0 radical (unpaired) electrons. The molecule has 7 heteroatoms. The number of esters is 1. The van der Waals surface area contributed by atoms with Crippen molar-refractivity contribution in [1.29, 1.82) is 10.5 Å². The summed E-state index contributed by atoms with van der Waals surface area (Å²) in [5.74, 6) is 0.203.